The molecule has 15 heavy (non-hydrogen) atoms. The number of benzene rings is 1. The van der Waals surface area contributed by atoms with Gasteiger partial charge in [0.2, 0.25) is 0 Å². The standard InChI is InChI=1S/C14H19S/c1-5-6-8-12-9-7-10-13(11-12)15-14(2,3)4/h5-7,9-11H,1,8H2,2-4H3/b6-5+. The van der Waals surface area contributed by atoms with Gasteiger partial charge >= 0.3 is 0 Å². The summed E-state index contributed by atoms with van der Waals surface area (Å²) >= 11 is 1.91. The number of thioether (sulfide) groups is 1. The lowest BCUT2D eigenvalue weighted by atomic mass is 10.1. The molecule has 0 bridgehead atoms. The van der Waals surface area contributed by atoms with Gasteiger partial charge in [-0.25, -0.2) is 0 Å². The Morgan fingerprint density at radius 1 is 1.33 bits per heavy atom. The van der Waals surface area contributed by atoms with Crippen LogP contribution in [0.5, 0.6) is 0 Å². The maximum Gasteiger partial charge on any atom is 0.0122 e. The zero-order valence-electron chi connectivity index (χ0n) is 9.79. The molecule has 81 valence electrons. The van der Waals surface area contributed by atoms with Gasteiger partial charge in [0.05, 0.1) is 0 Å². The van der Waals surface area contributed by atoms with Gasteiger partial charge in [-0.15, -0.1) is 11.8 Å². The molecule has 0 fully saturated rings. The maximum atomic E-state index is 3.70. The van der Waals surface area contributed by atoms with E-state index < -0.39 is 0 Å². The van der Waals surface area contributed by atoms with E-state index in [1.54, 1.807) is 0 Å². The van der Waals surface area contributed by atoms with Crippen LogP contribution in [0.1, 0.15) is 26.3 Å². The summed E-state index contributed by atoms with van der Waals surface area (Å²) in [5, 5.41) is 0. The zero-order chi connectivity index (χ0) is 11.3. The Labute approximate surface area is 97.8 Å². The topological polar surface area (TPSA) is 0 Å². The van der Waals surface area contributed by atoms with E-state index in [1.165, 1.54) is 10.5 Å². The Hall–Kier alpha value is -0.690. The Morgan fingerprint density at radius 3 is 2.67 bits per heavy atom. The molecule has 1 rings (SSSR count). The first-order chi connectivity index (χ1) is 7.01. The highest BCUT2D eigenvalue weighted by molar-refractivity contribution is 8.00. The summed E-state index contributed by atoms with van der Waals surface area (Å²) < 4.78 is 0.279. The summed E-state index contributed by atoms with van der Waals surface area (Å²) in [6.45, 7) is 10.4. The highest BCUT2D eigenvalue weighted by atomic mass is 32.2. The van der Waals surface area contributed by atoms with Crippen LogP contribution < -0.4 is 0 Å². The molecule has 1 radical (unpaired) electrons. The van der Waals surface area contributed by atoms with Gasteiger partial charge in [-0.3, -0.25) is 0 Å². The van der Waals surface area contributed by atoms with Crippen molar-refractivity contribution in [1.29, 1.82) is 0 Å². The van der Waals surface area contributed by atoms with Gasteiger partial charge in [0.15, 0.2) is 0 Å². The number of allylic oxidation sites excluding steroid dienone is 2. The molecular formula is C14H19S. The lowest BCUT2D eigenvalue weighted by molar-refractivity contribution is 0.802. The van der Waals surface area contributed by atoms with E-state index >= 15 is 0 Å². The fourth-order valence-electron chi connectivity index (χ4n) is 1.31. The minimum absolute atomic E-state index is 0.279. The fourth-order valence-corrected chi connectivity index (χ4v) is 2.37. The number of hydrogen-bond acceptors (Lipinski definition) is 1. The molecule has 0 aliphatic rings. The van der Waals surface area contributed by atoms with E-state index in [0.717, 1.165) is 6.42 Å². The summed E-state index contributed by atoms with van der Waals surface area (Å²) in [5.74, 6) is 0. The van der Waals surface area contributed by atoms with E-state index in [-0.39, 0.29) is 4.75 Å². The normalized spacial score (nSPS) is 12.3. The third kappa shape index (κ3) is 5.08. The molecule has 0 amide bonds. The molecule has 0 aromatic heterocycles. The molecule has 0 atom stereocenters. The van der Waals surface area contributed by atoms with Crippen molar-refractivity contribution in [3.05, 3.63) is 48.9 Å². The van der Waals surface area contributed by atoms with Gasteiger partial charge in [0, 0.05) is 9.64 Å². The molecule has 0 nitrogen and oxygen atoms in total. The van der Waals surface area contributed by atoms with E-state index in [1.807, 2.05) is 17.8 Å². The molecule has 0 heterocycles. The molecule has 0 N–H and O–H groups in total. The Kier molecular flexibility index (Phi) is 4.46. The monoisotopic (exact) mass is 219 g/mol. The fraction of sp³-hybridized carbons (Fsp3) is 0.357. The van der Waals surface area contributed by atoms with Crippen molar-refractivity contribution in [3.63, 3.8) is 0 Å². The van der Waals surface area contributed by atoms with Gasteiger partial charge in [-0.2, -0.15) is 0 Å². The first-order valence-corrected chi connectivity index (χ1v) is 6.05. The molecule has 0 aliphatic carbocycles. The summed E-state index contributed by atoms with van der Waals surface area (Å²) in [6.07, 6.45) is 4.91. The second kappa shape index (κ2) is 5.41. The van der Waals surface area contributed by atoms with Crippen LogP contribution >= 0.6 is 11.8 Å². The molecule has 0 saturated carbocycles. The van der Waals surface area contributed by atoms with Gasteiger partial charge < -0.3 is 0 Å². The van der Waals surface area contributed by atoms with E-state index in [2.05, 4.69) is 58.0 Å². The maximum absolute atomic E-state index is 3.70. The van der Waals surface area contributed by atoms with Crippen LogP contribution in [0.25, 0.3) is 0 Å². The van der Waals surface area contributed by atoms with E-state index in [4.69, 9.17) is 0 Å². The largest absolute Gasteiger partial charge is 0.120 e. The summed E-state index contributed by atoms with van der Waals surface area (Å²) in [4.78, 5) is 1.34. The van der Waals surface area contributed by atoms with Crippen molar-refractivity contribution in [2.75, 3.05) is 0 Å². The third-order valence-corrected chi connectivity index (χ3v) is 2.94. The van der Waals surface area contributed by atoms with Gasteiger partial charge in [0.25, 0.3) is 0 Å². The second-order valence-corrected chi connectivity index (χ2v) is 6.44. The van der Waals surface area contributed by atoms with Crippen LogP contribution in [0.15, 0.2) is 41.3 Å². The third-order valence-electron chi connectivity index (χ3n) is 1.84. The smallest absolute Gasteiger partial charge is 0.0122 e. The quantitative estimate of drug-likeness (QED) is 0.674. The first-order valence-electron chi connectivity index (χ1n) is 5.23. The van der Waals surface area contributed by atoms with Crippen molar-refractivity contribution >= 4 is 11.8 Å². The highest BCUT2D eigenvalue weighted by Crippen LogP contribution is 2.32. The molecule has 1 aromatic rings. The summed E-state index contributed by atoms with van der Waals surface area (Å²) in [7, 11) is 0. The molecule has 0 spiro atoms. The van der Waals surface area contributed by atoms with Crippen LogP contribution in [-0.4, -0.2) is 4.75 Å². The molecule has 1 aromatic carbocycles. The lowest BCUT2D eigenvalue weighted by Crippen LogP contribution is -2.06. The Bertz CT molecular complexity index is 331. The van der Waals surface area contributed by atoms with Crippen molar-refractivity contribution in [3.8, 4) is 0 Å². The van der Waals surface area contributed by atoms with Crippen molar-refractivity contribution in [2.45, 2.75) is 36.8 Å². The second-order valence-electron chi connectivity index (χ2n) is 4.54. The summed E-state index contributed by atoms with van der Waals surface area (Å²) in [6, 6.07) is 8.72. The average molecular weight is 219 g/mol. The van der Waals surface area contributed by atoms with Gasteiger partial charge in [-0.05, 0) is 31.0 Å². The molecular weight excluding hydrogens is 200 g/mol. The average Bonchev–Trinajstić information content (AvgIpc) is 2.12. The minimum Gasteiger partial charge on any atom is -0.120 e. The predicted molar refractivity (Wildman–Crippen MR) is 70.3 cm³/mol. The highest BCUT2D eigenvalue weighted by Gasteiger charge is 2.11. The van der Waals surface area contributed by atoms with Crippen LogP contribution in [-0.2, 0) is 6.42 Å². The Morgan fingerprint density at radius 2 is 2.07 bits per heavy atom. The van der Waals surface area contributed by atoms with Crippen LogP contribution in [0.3, 0.4) is 0 Å². The lowest BCUT2D eigenvalue weighted by Gasteiger charge is -2.17. The van der Waals surface area contributed by atoms with Gasteiger partial charge in [-0.1, -0.05) is 45.1 Å². The number of hydrogen-bond donors (Lipinski definition) is 0. The number of rotatable bonds is 3. The van der Waals surface area contributed by atoms with Crippen molar-refractivity contribution in [2.24, 2.45) is 0 Å². The van der Waals surface area contributed by atoms with Crippen LogP contribution in [0.2, 0.25) is 0 Å². The molecule has 0 unspecified atom stereocenters. The Balaban J connectivity index is 2.74. The molecule has 0 aliphatic heterocycles. The first kappa shape index (κ1) is 12.4. The van der Waals surface area contributed by atoms with Crippen LogP contribution in [0, 0.1) is 6.92 Å². The van der Waals surface area contributed by atoms with Crippen molar-refractivity contribution < 1.29 is 0 Å². The zero-order valence-corrected chi connectivity index (χ0v) is 10.6. The van der Waals surface area contributed by atoms with Gasteiger partial charge in [0.1, 0.15) is 0 Å². The van der Waals surface area contributed by atoms with E-state index in [0.29, 0.717) is 0 Å². The summed E-state index contributed by atoms with van der Waals surface area (Å²) in [5.41, 5.74) is 1.35. The van der Waals surface area contributed by atoms with Crippen molar-refractivity contribution in [1.82, 2.24) is 0 Å². The van der Waals surface area contributed by atoms with E-state index in [9.17, 15) is 0 Å². The minimum atomic E-state index is 0.279. The SMILES string of the molecule is [CH2]/C=C/Cc1cccc(SC(C)(C)C)c1. The molecule has 1 heteroatoms. The van der Waals surface area contributed by atoms with Crippen LogP contribution in [0.4, 0.5) is 0 Å². The molecule has 0 saturated heterocycles. The predicted octanol–water partition coefficient (Wildman–Crippen LogP) is 4.51.